The van der Waals surface area contributed by atoms with Gasteiger partial charge in [-0.1, -0.05) is 29.8 Å². The molecule has 0 aromatic heterocycles. The number of ether oxygens (including phenoxy) is 1. The summed E-state index contributed by atoms with van der Waals surface area (Å²) in [7, 11) is -2.41. The van der Waals surface area contributed by atoms with Gasteiger partial charge in [0.25, 0.3) is 0 Å². The van der Waals surface area contributed by atoms with Crippen LogP contribution < -0.4 is 4.74 Å². The molecule has 0 radical (unpaired) electrons. The average Bonchev–Trinajstić information content (AvgIpc) is 3.39. The van der Waals surface area contributed by atoms with Crippen LogP contribution in [-0.2, 0) is 10.0 Å². The van der Waals surface area contributed by atoms with Crippen LogP contribution in [0.1, 0.15) is 21.5 Å². The molecule has 1 heterocycles. The minimum Gasteiger partial charge on any atom is -0.507 e. The van der Waals surface area contributed by atoms with E-state index >= 15 is 0 Å². The van der Waals surface area contributed by atoms with E-state index in [9.17, 15) is 18.3 Å². The zero-order chi connectivity index (χ0) is 17.5. The van der Waals surface area contributed by atoms with E-state index in [-0.39, 0.29) is 22.0 Å². The molecule has 0 aliphatic carbocycles. The van der Waals surface area contributed by atoms with Gasteiger partial charge in [0, 0.05) is 24.7 Å². The summed E-state index contributed by atoms with van der Waals surface area (Å²) in [6.45, 7) is 2.77. The Hall–Kier alpha value is -2.38. The number of benzene rings is 2. The van der Waals surface area contributed by atoms with Crippen LogP contribution in [0, 0.1) is 6.92 Å². The molecule has 6 nitrogen and oxygen atoms in total. The number of carbonyl (C=O) groups is 1. The lowest BCUT2D eigenvalue weighted by Gasteiger charge is -2.13. The molecule has 3 rings (SSSR count). The number of phenolic OH excluding ortho intramolecular Hbond substituents is 1. The third-order valence-electron chi connectivity index (χ3n) is 3.86. The molecule has 126 valence electrons. The summed E-state index contributed by atoms with van der Waals surface area (Å²) in [6, 6.07) is 9.18. The summed E-state index contributed by atoms with van der Waals surface area (Å²) in [5.74, 6) is -0.751. The monoisotopic (exact) mass is 347 g/mol. The van der Waals surface area contributed by atoms with Crippen molar-refractivity contribution in [2.45, 2.75) is 11.8 Å². The molecular formula is C17H17NO5S. The lowest BCUT2D eigenvalue weighted by molar-refractivity contribution is 0.103. The number of hydrogen-bond donors (Lipinski definition) is 1. The molecule has 1 N–H and O–H groups in total. The van der Waals surface area contributed by atoms with E-state index in [2.05, 4.69) is 0 Å². The van der Waals surface area contributed by atoms with E-state index in [1.807, 2.05) is 6.92 Å². The highest BCUT2D eigenvalue weighted by molar-refractivity contribution is 7.89. The van der Waals surface area contributed by atoms with Crippen molar-refractivity contribution >= 4 is 15.8 Å². The third-order valence-corrected chi connectivity index (χ3v) is 5.78. The normalized spacial score (nSPS) is 14.4. The van der Waals surface area contributed by atoms with E-state index in [1.54, 1.807) is 24.3 Å². The maximum Gasteiger partial charge on any atom is 0.246 e. The fourth-order valence-electron chi connectivity index (χ4n) is 2.37. The Balaban J connectivity index is 2.11. The molecule has 0 bridgehead atoms. The Bertz CT molecular complexity index is 899. The molecule has 0 unspecified atom stereocenters. The molecule has 1 fully saturated rings. The van der Waals surface area contributed by atoms with E-state index in [4.69, 9.17) is 4.74 Å². The number of ketones is 1. The van der Waals surface area contributed by atoms with Gasteiger partial charge in [0.2, 0.25) is 10.0 Å². The molecular weight excluding hydrogens is 330 g/mol. The zero-order valence-corrected chi connectivity index (χ0v) is 14.1. The van der Waals surface area contributed by atoms with Crippen LogP contribution in [0.15, 0.2) is 41.3 Å². The Kier molecular flexibility index (Phi) is 4.06. The number of phenols is 1. The molecule has 24 heavy (non-hydrogen) atoms. The fourth-order valence-corrected chi connectivity index (χ4v) is 3.88. The third kappa shape index (κ3) is 2.88. The molecule has 0 spiro atoms. The molecule has 0 amide bonds. The average molecular weight is 347 g/mol. The first-order chi connectivity index (χ1) is 11.3. The first-order valence-corrected chi connectivity index (χ1v) is 8.81. The van der Waals surface area contributed by atoms with Crippen LogP contribution in [0.2, 0.25) is 0 Å². The Morgan fingerprint density at radius 3 is 2.33 bits per heavy atom. The van der Waals surface area contributed by atoms with Gasteiger partial charge in [-0.25, -0.2) is 8.42 Å². The predicted molar refractivity (Wildman–Crippen MR) is 88.0 cm³/mol. The van der Waals surface area contributed by atoms with Gasteiger partial charge in [-0.05, 0) is 13.0 Å². The van der Waals surface area contributed by atoms with Crippen molar-refractivity contribution in [2.24, 2.45) is 0 Å². The van der Waals surface area contributed by atoms with Gasteiger partial charge in [-0.2, -0.15) is 4.31 Å². The summed E-state index contributed by atoms with van der Waals surface area (Å²) >= 11 is 0. The van der Waals surface area contributed by atoms with E-state index in [0.717, 1.165) is 11.6 Å². The van der Waals surface area contributed by atoms with E-state index in [1.165, 1.54) is 17.5 Å². The summed E-state index contributed by atoms with van der Waals surface area (Å²) in [5, 5.41) is 10.1. The molecule has 2 aromatic rings. The summed E-state index contributed by atoms with van der Waals surface area (Å²) in [6.07, 6.45) is 0. The van der Waals surface area contributed by atoms with Crippen LogP contribution >= 0.6 is 0 Å². The standard InChI is InChI=1S/C17H17NO5S/c1-11-3-5-12(6-4-11)17(20)13-9-16(15(23-2)10-14(13)19)24(21,22)18-7-8-18/h3-6,9-10,19H,7-8H2,1-2H3. The molecule has 0 atom stereocenters. The van der Waals surface area contributed by atoms with E-state index < -0.39 is 15.8 Å². The number of sulfonamides is 1. The highest BCUT2D eigenvalue weighted by atomic mass is 32.2. The maximum atomic E-state index is 12.6. The number of nitrogens with zero attached hydrogens (tertiary/aromatic N) is 1. The van der Waals surface area contributed by atoms with Gasteiger partial charge in [-0.3, -0.25) is 4.79 Å². The Morgan fingerprint density at radius 2 is 1.79 bits per heavy atom. The SMILES string of the molecule is COc1cc(O)c(C(=O)c2ccc(C)cc2)cc1S(=O)(=O)N1CC1. The number of methoxy groups -OCH3 is 1. The first kappa shape index (κ1) is 16.5. The van der Waals surface area contributed by atoms with Crippen LogP contribution in [0.25, 0.3) is 0 Å². The number of aryl methyl sites for hydroxylation is 1. The van der Waals surface area contributed by atoms with Crippen LogP contribution in [0.5, 0.6) is 11.5 Å². The van der Waals surface area contributed by atoms with Gasteiger partial charge >= 0.3 is 0 Å². The number of aromatic hydroxyl groups is 1. The van der Waals surface area contributed by atoms with Crippen molar-refractivity contribution in [3.8, 4) is 11.5 Å². The molecule has 7 heteroatoms. The van der Waals surface area contributed by atoms with Crippen LogP contribution in [0.4, 0.5) is 0 Å². The molecule has 1 saturated heterocycles. The minimum absolute atomic E-state index is 0.0138. The molecule has 1 aliphatic rings. The predicted octanol–water partition coefficient (Wildman–Crippen LogP) is 1.94. The summed E-state index contributed by atoms with van der Waals surface area (Å²) < 4.78 is 31.3. The summed E-state index contributed by atoms with van der Waals surface area (Å²) in [5.41, 5.74) is 1.30. The summed E-state index contributed by atoms with van der Waals surface area (Å²) in [4.78, 5) is 12.5. The number of hydrogen-bond acceptors (Lipinski definition) is 5. The van der Waals surface area contributed by atoms with Gasteiger partial charge < -0.3 is 9.84 Å². The van der Waals surface area contributed by atoms with Crippen LogP contribution in [0.3, 0.4) is 0 Å². The Labute approximate surface area is 140 Å². The van der Waals surface area contributed by atoms with Crippen LogP contribution in [-0.4, -0.2) is 43.8 Å². The maximum absolute atomic E-state index is 12.6. The zero-order valence-electron chi connectivity index (χ0n) is 13.3. The van der Waals surface area contributed by atoms with Crippen molar-refractivity contribution in [1.82, 2.24) is 4.31 Å². The highest BCUT2D eigenvalue weighted by Gasteiger charge is 2.36. The van der Waals surface area contributed by atoms with Gasteiger partial charge in [0.15, 0.2) is 5.78 Å². The molecule has 0 saturated carbocycles. The first-order valence-electron chi connectivity index (χ1n) is 7.37. The lowest BCUT2D eigenvalue weighted by Crippen LogP contribution is -2.14. The van der Waals surface area contributed by atoms with Crippen molar-refractivity contribution in [3.63, 3.8) is 0 Å². The van der Waals surface area contributed by atoms with Crippen molar-refractivity contribution < 1.29 is 23.1 Å². The highest BCUT2D eigenvalue weighted by Crippen LogP contribution is 2.35. The van der Waals surface area contributed by atoms with Gasteiger partial charge in [0.1, 0.15) is 16.4 Å². The quantitative estimate of drug-likeness (QED) is 0.660. The topological polar surface area (TPSA) is 83.7 Å². The lowest BCUT2D eigenvalue weighted by atomic mass is 10.0. The minimum atomic E-state index is -3.73. The van der Waals surface area contributed by atoms with Gasteiger partial charge in [0.05, 0.1) is 12.7 Å². The largest absolute Gasteiger partial charge is 0.507 e. The Morgan fingerprint density at radius 1 is 1.17 bits per heavy atom. The number of carbonyl (C=O) groups excluding carboxylic acids is 1. The van der Waals surface area contributed by atoms with E-state index in [0.29, 0.717) is 18.7 Å². The van der Waals surface area contributed by atoms with Gasteiger partial charge in [-0.15, -0.1) is 0 Å². The molecule has 2 aromatic carbocycles. The second kappa shape index (κ2) is 5.92. The van der Waals surface area contributed by atoms with Crippen molar-refractivity contribution in [1.29, 1.82) is 0 Å². The number of rotatable bonds is 5. The van der Waals surface area contributed by atoms with Crippen molar-refractivity contribution in [3.05, 3.63) is 53.1 Å². The van der Waals surface area contributed by atoms with Crippen molar-refractivity contribution in [2.75, 3.05) is 20.2 Å². The second-order valence-electron chi connectivity index (χ2n) is 5.62. The molecule has 1 aliphatic heterocycles. The smallest absolute Gasteiger partial charge is 0.246 e. The second-order valence-corrected chi connectivity index (χ2v) is 7.53. The fraction of sp³-hybridized carbons (Fsp3) is 0.235.